The number of piperazine rings is 1. The molecule has 8 rings (SSSR count). The van der Waals surface area contributed by atoms with Gasteiger partial charge in [0.15, 0.2) is 0 Å². The molecule has 4 aromatic carbocycles. The van der Waals surface area contributed by atoms with Gasteiger partial charge < -0.3 is 24.8 Å². The van der Waals surface area contributed by atoms with E-state index in [4.69, 9.17) is 21.1 Å². The zero-order chi connectivity index (χ0) is 45.0. The Balaban J connectivity index is 1.01. The topological polar surface area (TPSA) is 162 Å². The van der Waals surface area contributed by atoms with Crippen LogP contribution in [0.15, 0.2) is 102 Å². The lowest BCUT2D eigenvalue weighted by Crippen LogP contribution is -2.47. The number of carbonyl (C=O) groups excluding carboxylic acids is 1. The predicted molar refractivity (Wildman–Crippen MR) is 252 cm³/mol. The second kappa shape index (κ2) is 19.3. The molecule has 2 aliphatic heterocycles. The average Bonchev–Trinajstić information content (AvgIpc) is 3.75. The monoisotopic (exact) mass is 909 g/mol. The molecule has 5 aromatic rings. The van der Waals surface area contributed by atoms with E-state index in [1.54, 1.807) is 31.4 Å². The summed E-state index contributed by atoms with van der Waals surface area (Å²) in [5.41, 5.74) is 8.96. The Hall–Kier alpha value is -5.45. The lowest BCUT2D eigenvalue weighted by Gasteiger charge is -2.39. The molecule has 1 aliphatic carbocycles. The second-order valence-corrected chi connectivity index (χ2v) is 19.9. The van der Waals surface area contributed by atoms with E-state index in [0.29, 0.717) is 18.9 Å². The predicted octanol–water partition coefficient (Wildman–Crippen LogP) is 9.64. The van der Waals surface area contributed by atoms with E-state index in [1.807, 2.05) is 41.5 Å². The zero-order valence-electron chi connectivity index (χ0n) is 36.6. The van der Waals surface area contributed by atoms with E-state index in [-0.39, 0.29) is 28.5 Å². The summed E-state index contributed by atoms with van der Waals surface area (Å²) >= 11 is 6.25. The summed E-state index contributed by atoms with van der Waals surface area (Å²) in [6.45, 7) is 9.90. The number of nitrogens with zero attached hydrogens (tertiary/aromatic N) is 4. The van der Waals surface area contributed by atoms with Gasteiger partial charge in [-0.3, -0.25) is 19.8 Å². The summed E-state index contributed by atoms with van der Waals surface area (Å²) in [5, 5.41) is 15.9. The molecular formula is C48H56ClN7O7S. The summed E-state index contributed by atoms with van der Waals surface area (Å²) in [6, 6.07) is 24.4. The Bertz CT molecular complexity index is 2640. The Labute approximate surface area is 379 Å². The van der Waals surface area contributed by atoms with Gasteiger partial charge in [-0.15, -0.1) is 0 Å². The SMILES string of the molecule is COCCC1CCCCN1Nc1ccc(S(=O)(=O)NC(=O)c2ccc(N3CCN(CC4=C(c5ccc(Cl)cc5)CC(C)(C)CC4)CC3)cc2Oc2ccc3[nH]ccc3c2)cc1[N+](=O)[O-]. The summed E-state index contributed by atoms with van der Waals surface area (Å²) in [4.78, 5) is 33.2. The number of hydrogen-bond donors (Lipinski definition) is 3. The van der Waals surface area contributed by atoms with Crippen LogP contribution in [-0.2, 0) is 14.8 Å². The number of hydrogen-bond acceptors (Lipinski definition) is 11. The van der Waals surface area contributed by atoms with Crippen molar-refractivity contribution in [3.05, 3.63) is 123 Å². The number of nitro groups is 1. The summed E-state index contributed by atoms with van der Waals surface area (Å²) in [5.74, 6) is -0.308. The highest BCUT2D eigenvalue weighted by molar-refractivity contribution is 7.90. The molecule has 1 atom stereocenters. The number of nitro benzene ring substituents is 1. The number of anilines is 2. The normalized spacial score (nSPS) is 18.6. The molecule has 1 amide bonds. The first-order chi connectivity index (χ1) is 30.7. The van der Waals surface area contributed by atoms with Crippen molar-refractivity contribution in [1.29, 1.82) is 0 Å². The quantitative estimate of drug-likeness (QED) is 0.0678. The average molecular weight is 911 g/mol. The standard InChI is InChI=1S/C48H56ClN7O7S/c1-48(2)20-17-35(42(31-48)33-7-9-36(49)10-8-33)32-53-23-25-54(26-24-53)38-11-14-41(46(29-38)63-39-12-15-43-34(28-39)18-21-50-43)47(57)52-64(60,61)40-13-16-44(45(30-40)56(58)59)51-55-22-5-4-6-37(55)19-27-62-3/h7-16,18,21,28-30,37,50-51H,4-6,17,19-20,22-27,31-32H2,1-3H3,(H,52,57). The molecule has 3 aliphatic rings. The third-order valence-electron chi connectivity index (χ3n) is 12.7. The van der Waals surface area contributed by atoms with Gasteiger partial charge in [0.2, 0.25) is 0 Å². The van der Waals surface area contributed by atoms with E-state index >= 15 is 0 Å². The number of aromatic amines is 1. The van der Waals surface area contributed by atoms with Crippen LogP contribution in [0, 0.1) is 15.5 Å². The minimum absolute atomic E-state index is 0.0120. The van der Waals surface area contributed by atoms with E-state index in [9.17, 15) is 23.3 Å². The number of ether oxygens (including phenoxy) is 2. The number of sulfonamides is 1. The molecule has 1 unspecified atom stereocenters. The molecule has 0 bridgehead atoms. The van der Waals surface area contributed by atoms with E-state index in [0.717, 1.165) is 105 Å². The van der Waals surface area contributed by atoms with Crippen molar-refractivity contribution in [2.24, 2.45) is 5.41 Å². The number of halogens is 1. The fourth-order valence-corrected chi connectivity index (χ4v) is 10.2. The number of hydrazine groups is 1. The highest BCUT2D eigenvalue weighted by Gasteiger charge is 2.31. The van der Waals surface area contributed by atoms with Crippen LogP contribution in [0.2, 0.25) is 5.02 Å². The molecule has 0 spiro atoms. The van der Waals surface area contributed by atoms with Gasteiger partial charge >= 0.3 is 0 Å². The second-order valence-electron chi connectivity index (χ2n) is 17.8. The van der Waals surface area contributed by atoms with Crippen molar-refractivity contribution >= 4 is 61.1 Å². The number of carbonyl (C=O) groups is 1. The highest BCUT2D eigenvalue weighted by Crippen LogP contribution is 2.43. The first kappa shape index (κ1) is 45.1. The van der Waals surface area contributed by atoms with Crippen LogP contribution < -0.4 is 19.8 Å². The molecule has 16 heteroatoms. The molecule has 3 heterocycles. The molecule has 3 N–H and O–H groups in total. The van der Waals surface area contributed by atoms with Crippen LogP contribution in [-0.4, -0.2) is 93.2 Å². The number of benzene rings is 4. The molecule has 0 saturated carbocycles. The minimum atomic E-state index is -4.57. The fourth-order valence-electron chi connectivity index (χ4n) is 9.12. The van der Waals surface area contributed by atoms with Crippen LogP contribution in [0.1, 0.15) is 74.7 Å². The van der Waals surface area contributed by atoms with E-state index < -0.39 is 31.4 Å². The maximum absolute atomic E-state index is 14.0. The first-order valence-corrected chi connectivity index (χ1v) is 23.8. The van der Waals surface area contributed by atoms with Crippen molar-refractivity contribution in [2.75, 3.05) is 63.3 Å². The van der Waals surface area contributed by atoms with Crippen molar-refractivity contribution in [1.82, 2.24) is 19.6 Å². The lowest BCUT2D eigenvalue weighted by atomic mass is 9.72. The van der Waals surface area contributed by atoms with Gasteiger partial charge in [0.25, 0.3) is 21.6 Å². The Morgan fingerprint density at radius 2 is 1.77 bits per heavy atom. The van der Waals surface area contributed by atoms with Gasteiger partial charge in [-0.05, 0) is 116 Å². The number of methoxy groups -OCH3 is 1. The van der Waals surface area contributed by atoms with Crippen LogP contribution in [0.4, 0.5) is 17.1 Å². The Morgan fingerprint density at radius 1 is 0.969 bits per heavy atom. The van der Waals surface area contributed by atoms with Crippen LogP contribution in [0.3, 0.4) is 0 Å². The van der Waals surface area contributed by atoms with Crippen LogP contribution in [0.5, 0.6) is 11.5 Å². The van der Waals surface area contributed by atoms with Crippen LogP contribution >= 0.6 is 11.6 Å². The van der Waals surface area contributed by atoms with Gasteiger partial charge in [0.05, 0.1) is 15.4 Å². The first-order valence-electron chi connectivity index (χ1n) is 22.0. The maximum atomic E-state index is 14.0. The van der Waals surface area contributed by atoms with Gasteiger partial charge in [-0.2, -0.15) is 0 Å². The number of fused-ring (bicyclic) bond motifs is 1. The van der Waals surface area contributed by atoms with Crippen molar-refractivity contribution in [3.8, 4) is 11.5 Å². The number of amides is 1. The number of rotatable bonds is 15. The molecule has 0 radical (unpaired) electrons. The minimum Gasteiger partial charge on any atom is -0.456 e. The molecule has 2 saturated heterocycles. The Kier molecular flexibility index (Phi) is 13.6. The molecule has 14 nitrogen and oxygen atoms in total. The van der Waals surface area contributed by atoms with Gasteiger partial charge in [-0.1, -0.05) is 49.6 Å². The van der Waals surface area contributed by atoms with Crippen molar-refractivity contribution in [2.45, 2.75) is 69.7 Å². The van der Waals surface area contributed by atoms with Crippen molar-refractivity contribution < 1.29 is 27.6 Å². The number of H-pyrrole nitrogens is 1. The summed E-state index contributed by atoms with van der Waals surface area (Å²) in [7, 11) is -2.94. The molecule has 64 heavy (non-hydrogen) atoms. The van der Waals surface area contributed by atoms with Crippen molar-refractivity contribution in [3.63, 3.8) is 0 Å². The molecule has 338 valence electrons. The zero-order valence-corrected chi connectivity index (χ0v) is 38.1. The van der Waals surface area contributed by atoms with E-state index in [1.165, 1.54) is 28.8 Å². The lowest BCUT2D eigenvalue weighted by molar-refractivity contribution is -0.384. The number of allylic oxidation sites excluding steroid dienone is 1. The highest BCUT2D eigenvalue weighted by atomic mass is 35.5. The summed E-state index contributed by atoms with van der Waals surface area (Å²) in [6.07, 6.45) is 8.62. The molecule has 2 fully saturated rings. The van der Waals surface area contributed by atoms with Crippen LogP contribution in [0.25, 0.3) is 16.5 Å². The van der Waals surface area contributed by atoms with E-state index in [2.05, 4.69) is 50.9 Å². The molecular weight excluding hydrogens is 854 g/mol. The maximum Gasteiger partial charge on any atom is 0.295 e. The van der Waals surface area contributed by atoms with Gasteiger partial charge in [0.1, 0.15) is 17.2 Å². The summed E-state index contributed by atoms with van der Waals surface area (Å²) < 4.78 is 41.5. The third-order valence-corrected chi connectivity index (χ3v) is 14.3. The smallest absolute Gasteiger partial charge is 0.295 e. The number of piperidine rings is 1. The van der Waals surface area contributed by atoms with Gasteiger partial charge in [-0.25, -0.2) is 18.1 Å². The fraction of sp³-hybridized carbons (Fsp3) is 0.396. The molecule has 1 aromatic heterocycles. The number of aromatic nitrogens is 1. The number of nitrogens with one attached hydrogen (secondary N) is 3. The largest absolute Gasteiger partial charge is 0.456 e. The Morgan fingerprint density at radius 3 is 2.53 bits per heavy atom. The third kappa shape index (κ3) is 10.6. The van der Waals surface area contributed by atoms with Gasteiger partial charge in [0, 0.05) is 99.0 Å².